The lowest BCUT2D eigenvalue weighted by Gasteiger charge is -2.39. The number of para-hydroxylation sites is 3. The summed E-state index contributed by atoms with van der Waals surface area (Å²) in [6.07, 6.45) is 29.8. The number of benzene rings is 3. The number of sulfone groups is 3. The van der Waals surface area contributed by atoms with Gasteiger partial charge < -0.3 is 54.3 Å². The smallest absolute Gasteiger partial charge is 0.211 e. The molecule has 0 atom stereocenters. The van der Waals surface area contributed by atoms with Crippen LogP contribution in [-0.2, 0) is 81.8 Å². The third-order valence-electron chi connectivity index (χ3n) is 26.8. The molecule has 3 aliphatic heterocycles. The first-order valence-corrected chi connectivity index (χ1v) is 61.4. The van der Waals surface area contributed by atoms with E-state index < -0.39 is 62.5 Å². The zero-order chi connectivity index (χ0) is 103. The number of Topliss-reactive ketones (excluding diaryl/α,β-unsaturated/α-hetero) is 3. The van der Waals surface area contributed by atoms with Crippen molar-refractivity contribution in [3.8, 4) is 50.4 Å². The Morgan fingerprint density at radius 2 is 0.683 bits per heavy atom. The van der Waals surface area contributed by atoms with Crippen molar-refractivity contribution in [1.82, 2.24) is 73.1 Å². The third kappa shape index (κ3) is 23.8. The topological polar surface area (TPSA) is 501 Å². The van der Waals surface area contributed by atoms with Gasteiger partial charge in [-0.1, -0.05) is 93.9 Å². The summed E-state index contributed by atoms with van der Waals surface area (Å²) in [5.41, 5.74) is 20.2. The van der Waals surface area contributed by atoms with Crippen molar-refractivity contribution in [2.45, 2.75) is 197 Å². The zero-order valence-electron chi connectivity index (χ0n) is 83.6. The highest BCUT2D eigenvalue weighted by atomic mass is 32.2. The van der Waals surface area contributed by atoms with Crippen molar-refractivity contribution in [3.63, 3.8) is 0 Å². The maximum absolute atomic E-state index is 14.3. The first-order chi connectivity index (χ1) is 69.4. The van der Waals surface area contributed by atoms with Gasteiger partial charge in [-0.2, -0.15) is 74.7 Å². The molecular formula is C99H124N24O17S3Si2. The van der Waals surface area contributed by atoms with Crippen LogP contribution in [0.1, 0.15) is 131 Å². The Balaban J connectivity index is 0.000000159. The number of carbonyl (C=O) groups excluding carboxylic acids is 3. The molecule has 768 valence electrons. The van der Waals surface area contributed by atoms with E-state index in [1.165, 1.54) is 15.3 Å². The van der Waals surface area contributed by atoms with Crippen molar-refractivity contribution >= 4 is 133 Å². The molecule has 0 radical (unpaired) electrons. The molecule has 9 aromatic heterocycles. The molecule has 145 heavy (non-hydrogen) atoms. The van der Waals surface area contributed by atoms with Crippen molar-refractivity contribution in [1.29, 1.82) is 0 Å². The van der Waals surface area contributed by atoms with E-state index in [0.29, 0.717) is 203 Å². The van der Waals surface area contributed by atoms with Crippen LogP contribution in [-0.4, -0.2) is 291 Å². The van der Waals surface area contributed by atoms with Gasteiger partial charge in [-0.25, -0.2) is 54.3 Å². The average Bonchev–Trinajstić information content (AvgIpc) is 1.70. The van der Waals surface area contributed by atoms with Crippen LogP contribution in [0.25, 0.3) is 67.4 Å². The summed E-state index contributed by atoms with van der Waals surface area (Å²) in [7, 11) is -9.65. The van der Waals surface area contributed by atoms with Crippen LogP contribution in [0.3, 0.4) is 0 Å². The van der Waals surface area contributed by atoms with Gasteiger partial charge >= 0.3 is 0 Å². The fraction of sp³-hybridized carbons (Fsp3) is 0.455. The lowest BCUT2D eigenvalue weighted by Crippen LogP contribution is -2.48. The van der Waals surface area contributed by atoms with Crippen molar-refractivity contribution in [3.05, 3.63) is 164 Å². The number of ether oxygens (including phenoxy) is 8. The highest BCUT2D eigenvalue weighted by Gasteiger charge is 2.51. The Bertz CT molecular complexity index is 6980. The van der Waals surface area contributed by atoms with Gasteiger partial charge in [0.2, 0.25) is 17.3 Å². The Labute approximate surface area is 843 Å². The number of ketones is 3. The molecule has 3 aliphatic carbocycles. The van der Waals surface area contributed by atoms with Crippen molar-refractivity contribution in [2.24, 2.45) is 30.6 Å². The Hall–Kier alpha value is -12.5. The second-order valence-corrected chi connectivity index (χ2v) is 56.6. The minimum absolute atomic E-state index is 0.00841. The van der Waals surface area contributed by atoms with E-state index in [0.717, 1.165) is 58.4 Å². The Kier molecular flexibility index (Phi) is 32.6. The molecule has 12 heterocycles. The predicted molar refractivity (Wildman–Crippen MR) is 557 cm³/mol. The Morgan fingerprint density at radius 3 is 0.959 bits per heavy atom. The second-order valence-electron chi connectivity index (χ2n) is 39.5. The second kappa shape index (κ2) is 44.9. The summed E-state index contributed by atoms with van der Waals surface area (Å²) in [6, 6.07) is 31.0. The molecule has 4 N–H and O–H groups in total. The number of anilines is 3. The van der Waals surface area contributed by atoms with Crippen LogP contribution in [0.15, 0.2) is 192 Å². The first-order valence-electron chi connectivity index (χ1n) is 48.3. The molecule has 3 aromatic carbocycles. The van der Waals surface area contributed by atoms with Gasteiger partial charge in [-0.15, -0.1) is 0 Å². The van der Waals surface area contributed by atoms with Crippen LogP contribution < -0.4 is 16.4 Å². The van der Waals surface area contributed by atoms with E-state index in [1.807, 2.05) is 114 Å². The predicted octanol–water partition coefficient (Wildman–Crippen LogP) is 12.9. The molecule has 0 unspecified atom stereocenters. The van der Waals surface area contributed by atoms with Gasteiger partial charge in [-0.3, -0.25) is 14.4 Å². The largest absolute Gasteiger partial charge is 0.382 e. The van der Waals surface area contributed by atoms with E-state index in [9.17, 15) is 39.6 Å². The van der Waals surface area contributed by atoms with Gasteiger partial charge in [0.05, 0.1) is 111 Å². The normalized spacial score (nSPS) is 19.8. The summed E-state index contributed by atoms with van der Waals surface area (Å²) in [6.45, 7) is 16.7. The molecular weight excluding hydrogens is 1950 g/mol. The van der Waals surface area contributed by atoms with Crippen LogP contribution in [0, 0.1) is 0 Å². The molecule has 0 saturated heterocycles. The van der Waals surface area contributed by atoms with E-state index in [-0.39, 0.29) is 94.7 Å². The van der Waals surface area contributed by atoms with E-state index >= 15 is 0 Å². The molecule has 12 aromatic rings. The van der Waals surface area contributed by atoms with Gasteiger partial charge in [0.15, 0.2) is 52.3 Å². The van der Waals surface area contributed by atoms with E-state index in [1.54, 1.807) is 95.7 Å². The fourth-order valence-electron chi connectivity index (χ4n) is 19.1. The summed E-state index contributed by atoms with van der Waals surface area (Å²) in [5, 5.41) is 51.0. The molecule has 3 saturated carbocycles. The number of fused-ring (bicyclic) bond motifs is 3. The third-order valence-corrected chi connectivity index (χ3v) is 33.6. The fourth-order valence-corrected chi connectivity index (χ4v) is 23.8. The summed E-state index contributed by atoms with van der Waals surface area (Å²) < 4.78 is 138. The monoisotopic (exact) mass is 2070 g/mol. The number of hydrogen-bond donors (Lipinski definition) is 2. The van der Waals surface area contributed by atoms with Gasteiger partial charge in [0.1, 0.15) is 73.7 Å². The average molecular weight is 2070 g/mol. The van der Waals surface area contributed by atoms with Crippen LogP contribution in [0.2, 0.25) is 51.4 Å². The molecule has 46 heteroatoms. The molecule has 41 nitrogen and oxygen atoms in total. The number of nitrogen functional groups attached to an aromatic ring is 2. The minimum Gasteiger partial charge on any atom is -0.382 e. The number of methoxy groups -OCH3 is 3. The minimum atomic E-state index is -3.95. The number of rotatable bonds is 41. The lowest BCUT2D eigenvalue weighted by atomic mass is 9.74. The number of carbonyl (C=O) groups is 3. The van der Waals surface area contributed by atoms with Gasteiger partial charge in [0, 0.05) is 177 Å². The maximum Gasteiger partial charge on any atom is 0.211 e. The summed E-state index contributed by atoms with van der Waals surface area (Å²) >= 11 is 0. The lowest BCUT2D eigenvalue weighted by molar-refractivity contribution is -0.145. The van der Waals surface area contributed by atoms with Gasteiger partial charge in [-0.05, 0) is 126 Å². The van der Waals surface area contributed by atoms with Crippen LogP contribution in [0.4, 0.5) is 17.5 Å². The molecule has 3 fully saturated rings. The number of aromatic nitrogens is 15. The summed E-state index contributed by atoms with van der Waals surface area (Å²) in [5.74, 6) is -1.19. The highest BCUT2D eigenvalue weighted by molar-refractivity contribution is 7.91. The number of nitrogens with zero attached hydrogens (tertiary/aromatic N) is 22. The van der Waals surface area contributed by atoms with Crippen LogP contribution in [0.5, 0.6) is 0 Å². The number of nitrogens with two attached hydrogens (primary N) is 2. The molecule has 0 bridgehead atoms. The number of hydrogen-bond acceptors (Lipinski definition) is 35. The van der Waals surface area contributed by atoms with Crippen molar-refractivity contribution < 1.29 is 77.5 Å². The SMILES string of the molecule is COCCOC1(C(=O)C2=NN=CC2)CCC(c2nc3c(-c4cnn(-c5ccccc5)c4)cnn3c(N(COCC[Si](C)(C)C)COCC[Si](C)(C)C)c2S(C)(=O)=O)CC1.COCCOC1(C(=O)C2=NN=CC2)CCC(c2nc3c(-c4cnn(-c5ccccc5)c4)cnn3c(N)c2S(C)(=O)=O)CC1.COCCOC1(C(=O)C2=NN=CC2)CCC(c2nc3c(-c4cnn(-c5ccccc5)c4)cnn3c(N)c2S(C)(=O)=O)CC1. The highest BCUT2D eigenvalue weighted by Crippen LogP contribution is 2.49. The standard InChI is InChI=1S/C41H60N8O7SSi2.2C29H32N8O5S/c1-53-20-21-56-41(38(50)35-16-19-42-46-35)17-14-31(15-18-41)36-37(57(2,51)52)40(47(29-54-22-24-58(3,4)5)30-55-23-25-59(6,7)8)49-39(45-36)34(27-44-49)32-26-43-48(28-32)33-12-10-9-11-13-33;2*1-41-14-15-42-29(26(38)23-10-13-31-35-23)11-8-19(9-12-29)24-25(43(2,39)40)27(30)37-28(34-24)22(17-33-37)20-16-32-36(18-20)21-6-4-3-5-7-21/h9-13,19,26-28,31H,14-18,20-25,29-30H2,1-8H3;2*3-7,13,16-19H,8-12,14-15,30H2,1-2H3. The van der Waals surface area contributed by atoms with E-state index in [4.69, 9.17) is 69.4 Å². The molecule has 0 amide bonds. The maximum atomic E-state index is 14.3. The van der Waals surface area contributed by atoms with Gasteiger partial charge in [0.25, 0.3) is 0 Å². The molecule has 18 rings (SSSR count). The van der Waals surface area contributed by atoms with Crippen molar-refractivity contribution in [2.75, 3.05) is 123 Å². The van der Waals surface area contributed by atoms with Crippen LogP contribution >= 0.6 is 0 Å². The zero-order valence-corrected chi connectivity index (χ0v) is 88.0. The Morgan fingerprint density at radius 1 is 0.393 bits per heavy atom. The molecule has 0 spiro atoms. The molecule has 6 aliphatic rings. The quantitative estimate of drug-likeness (QED) is 0.0204. The van der Waals surface area contributed by atoms with E-state index in [2.05, 4.69) is 95.4 Å². The summed E-state index contributed by atoms with van der Waals surface area (Å²) in [4.78, 5) is 58.0. The first kappa shape index (κ1) is 105.